The van der Waals surface area contributed by atoms with Crippen LogP contribution in [-0.2, 0) is 4.74 Å². The Morgan fingerprint density at radius 1 is 0.815 bits per heavy atom. The summed E-state index contributed by atoms with van der Waals surface area (Å²) in [4.78, 5) is 11.6. The first-order chi connectivity index (χ1) is 12.9. The molecule has 7 heteroatoms. The Bertz CT molecular complexity index is 812. The summed E-state index contributed by atoms with van der Waals surface area (Å²) in [7, 11) is 7.30. The molecule has 0 heterocycles. The Hall–Kier alpha value is -2.93. The number of carbonyl (C=O) groups excluding carboxylic acids is 1. The van der Waals surface area contributed by atoms with Gasteiger partial charge in [0.15, 0.2) is 11.5 Å². The zero-order valence-electron chi connectivity index (χ0n) is 16.3. The smallest absolute Gasteiger partial charge is 0.337 e. The fourth-order valence-corrected chi connectivity index (χ4v) is 3.03. The monoisotopic (exact) mass is 376 g/mol. The number of aliphatic hydroxyl groups excluding tert-OH is 1. The van der Waals surface area contributed by atoms with Gasteiger partial charge in [0, 0.05) is 11.1 Å². The summed E-state index contributed by atoms with van der Waals surface area (Å²) in [6.07, 6.45) is -1.04. The van der Waals surface area contributed by atoms with Crippen LogP contribution in [0.4, 0.5) is 0 Å². The lowest BCUT2D eigenvalue weighted by Gasteiger charge is -2.24. The third-order valence-corrected chi connectivity index (χ3v) is 4.35. The average molecular weight is 376 g/mol. The summed E-state index contributed by atoms with van der Waals surface area (Å²) in [5.41, 5.74) is 2.09. The molecule has 0 saturated heterocycles. The van der Waals surface area contributed by atoms with E-state index in [9.17, 15) is 9.90 Å². The first-order valence-corrected chi connectivity index (χ1v) is 8.17. The number of carbonyl (C=O) groups is 1. The van der Waals surface area contributed by atoms with Gasteiger partial charge in [-0.3, -0.25) is 0 Å². The fourth-order valence-electron chi connectivity index (χ4n) is 3.03. The van der Waals surface area contributed by atoms with Crippen LogP contribution in [0.3, 0.4) is 0 Å². The lowest BCUT2D eigenvalue weighted by molar-refractivity contribution is 0.0600. The standard InChI is InChI=1S/C20H24O7/c1-11-14(15(21)12-7-9-13(10-8-12)20(22)27-6)17(24-3)19(26-5)18(25-4)16(11)23-2/h7-10,15,21H,1-6H3. The number of esters is 1. The van der Waals surface area contributed by atoms with Crippen LogP contribution >= 0.6 is 0 Å². The minimum atomic E-state index is -1.04. The molecule has 0 amide bonds. The van der Waals surface area contributed by atoms with Gasteiger partial charge in [0.05, 0.1) is 41.1 Å². The molecule has 0 bridgehead atoms. The summed E-state index contributed by atoms with van der Waals surface area (Å²) in [6, 6.07) is 6.48. The van der Waals surface area contributed by atoms with E-state index in [0.29, 0.717) is 45.3 Å². The van der Waals surface area contributed by atoms with Crippen molar-refractivity contribution in [2.45, 2.75) is 13.0 Å². The Kier molecular flexibility index (Phi) is 6.52. The molecule has 1 atom stereocenters. The van der Waals surface area contributed by atoms with Crippen LogP contribution in [0.15, 0.2) is 24.3 Å². The van der Waals surface area contributed by atoms with E-state index >= 15 is 0 Å². The Morgan fingerprint density at radius 3 is 1.74 bits per heavy atom. The molecule has 2 rings (SSSR count). The number of hydrogen-bond donors (Lipinski definition) is 1. The van der Waals surface area contributed by atoms with Crippen molar-refractivity contribution >= 4 is 5.97 Å². The van der Waals surface area contributed by atoms with Crippen LogP contribution in [0.1, 0.15) is 33.2 Å². The van der Waals surface area contributed by atoms with Crippen molar-refractivity contribution in [1.82, 2.24) is 0 Å². The van der Waals surface area contributed by atoms with Gasteiger partial charge >= 0.3 is 5.97 Å². The second-order valence-electron chi connectivity index (χ2n) is 5.69. The number of rotatable bonds is 7. The third kappa shape index (κ3) is 3.64. The summed E-state index contributed by atoms with van der Waals surface area (Å²) < 4.78 is 26.5. The van der Waals surface area contributed by atoms with E-state index < -0.39 is 12.1 Å². The van der Waals surface area contributed by atoms with E-state index in [2.05, 4.69) is 0 Å². The van der Waals surface area contributed by atoms with Crippen molar-refractivity contribution in [1.29, 1.82) is 0 Å². The van der Waals surface area contributed by atoms with Crippen molar-refractivity contribution in [3.63, 3.8) is 0 Å². The molecule has 0 aliphatic heterocycles. The van der Waals surface area contributed by atoms with Crippen LogP contribution in [0, 0.1) is 6.92 Å². The predicted molar refractivity (Wildman–Crippen MR) is 99.2 cm³/mol. The van der Waals surface area contributed by atoms with E-state index in [4.69, 9.17) is 23.7 Å². The van der Waals surface area contributed by atoms with Crippen LogP contribution < -0.4 is 18.9 Å². The summed E-state index contributed by atoms with van der Waals surface area (Å²) in [6.45, 7) is 1.80. The van der Waals surface area contributed by atoms with Gasteiger partial charge in [-0.05, 0) is 24.6 Å². The first-order valence-electron chi connectivity index (χ1n) is 8.17. The van der Waals surface area contributed by atoms with Crippen molar-refractivity contribution in [2.24, 2.45) is 0 Å². The van der Waals surface area contributed by atoms with Crippen LogP contribution in [0.5, 0.6) is 23.0 Å². The SMILES string of the molecule is COC(=O)c1ccc(C(O)c2c(C)c(OC)c(OC)c(OC)c2OC)cc1. The maximum Gasteiger partial charge on any atom is 0.337 e. The average Bonchev–Trinajstić information content (AvgIpc) is 2.71. The molecule has 1 N–H and O–H groups in total. The zero-order valence-corrected chi connectivity index (χ0v) is 16.3. The van der Waals surface area contributed by atoms with Gasteiger partial charge in [-0.25, -0.2) is 4.79 Å². The predicted octanol–water partition coefficient (Wildman–Crippen LogP) is 2.90. The van der Waals surface area contributed by atoms with E-state index in [0.717, 1.165) is 0 Å². The number of methoxy groups -OCH3 is 5. The van der Waals surface area contributed by atoms with Crippen molar-refractivity contribution in [3.05, 3.63) is 46.5 Å². The molecule has 0 spiro atoms. The molecule has 2 aromatic carbocycles. The first kappa shape index (κ1) is 20.4. The number of aliphatic hydroxyl groups is 1. The molecule has 2 aromatic rings. The minimum absolute atomic E-state index is 0.322. The second kappa shape index (κ2) is 8.64. The Balaban J connectivity index is 2.64. The second-order valence-corrected chi connectivity index (χ2v) is 5.69. The van der Waals surface area contributed by atoms with Gasteiger partial charge in [0.25, 0.3) is 0 Å². The molecular weight excluding hydrogens is 352 g/mol. The number of ether oxygens (including phenoxy) is 5. The van der Waals surface area contributed by atoms with E-state index in [-0.39, 0.29) is 0 Å². The largest absolute Gasteiger partial charge is 0.492 e. The van der Waals surface area contributed by atoms with Crippen LogP contribution in [0.25, 0.3) is 0 Å². The van der Waals surface area contributed by atoms with E-state index in [1.165, 1.54) is 35.5 Å². The molecule has 0 fully saturated rings. The number of hydrogen-bond acceptors (Lipinski definition) is 7. The van der Waals surface area contributed by atoms with Gasteiger partial charge in [-0.2, -0.15) is 0 Å². The summed E-state index contributed by atoms with van der Waals surface area (Å²) in [5, 5.41) is 11.0. The summed E-state index contributed by atoms with van der Waals surface area (Å²) in [5.74, 6) is 1.04. The van der Waals surface area contributed by atoms with Gasteiger partial charge in [-0.15, -0.1) is 0 Å². The lowest BCUT2D eigenvalue weighted by atomic mass is 9.94. The normalized spacial score (nSPS) is 11.5. The molecule has 1 unspecified atom stereocenters. The van der Waals surface area contributed by atoms with Crippen molar-refractivity contribution in [2.75, 3.05) is 35.5 Å². The van der Waals surface area contributed by atoms with Gasteiger partial charge in [0.1, 0.15) is 6.10 Å². The van der Waals surface area contributed by atoms with Crippen LogP contribution in [0.2, 0.25) is 0 Å². The van der Waals surface area contributed by atoms with Gasteiger partial charge in [0.2, 0.25) is 11.5 Å². The Labute approximate surface area is 158 Å². The molecule has 0 saturated carbocycles. The molecule has 0 aliphatic carbocycles. The molecule has 0 aromatic heterocycles. The molecule has 27 heavy (non-hydrogen) atoms. The molecule has 0 aliphatic rings. The maximum absolute atomic E-state index is 11.6. The highest BCUT2D eigenvalue weighted by atomic mass is 16.5. The molecule has 7 nitrogen and oxygen atoms in total. The maximum atomic E-state index is 11.6. The van der Waals surface area contributed by atoms with Crippen molar-refractivity contribution < 1.29 is 33.6 Å². The number of benzene rings is 2. The van der Waals surface area contributed by atoms with E-state index in [1.807, 2.05) is 0 Å². The highest BCUT2D eigenvalue weighted by Crippen LogP contribution is 2.51. The molecule has 146 valence electrons. The van der Waals surface area contributed by atoms with Gasteiger partial charge in [-0.1, -0.05) is 12.1 Å². The fraction of sp³-hybridized carbons (Fsp3) is 0.350. The van der Waals surface area contributed by atoms with E-state index in [1.54, 1.807) is 31.2 Å². The van der Waals surface area contributed by atoms with Crippen LogP contribution in [-0.4, -0.2) is 46.6 Å². The highest BCUT2D eigenvalue weighted by molar-refractivity contribution is 5.89. The zero-order chi connectivity index (χ0) is 20.1. The summed E-state index contributed by atoms with van der Waals surface area (Å²) >= 11 is 0. The quantitative estimate of drug-likeness (QED) is 0.744. The van der Waals surface area contributed by atoms with Gasteiger partial charge < -0.3 is 28.8 Å². The minimum Gasteiger partial charge on any atom is -0.492 e. The Morgan fingerprint density at radius 2 is 1.30 bits per heavy atom. The highest BCUT2D eigenvalue weighted by Gasteiger charge is 2.29. The van der Waals surface area contributed by atoms with Crippen molar-refractivity contribution in [3.8, 4) is 23.0 Å². The molecular formula is C20H24O7. The molecule has 0 radical (unpaired) electrons. The lowest BCUT2D eigenvalue weighted by Crippen LogP contribution is -2.10. The third-order valence-electron chi connectivity index (χ3n) is 4.35. The topological polar surface area (TPSA) is 83.5 Å².